The van der Waals surface area contributed by atoms with Crippen LogP contribution in [0, 0.1) is 0 Å². The van der Waals surface area contributed by atoms with E-state index in [9.17, 15) is 4.79 Å². The van der Waals surface area contributed by atoms with Gasteiger partial charge in [-0.05, 0) is 18.4 Å². The van der Waals surface area contributed by atoms with Crippen LogP contribution in [0.1, 0.15) is 18.4 Å². The monoisotopic (exact) mass is 231 g/mol. The molecule has 0 amide bonds. The number of carbonyl (C=O) groups is 1. The van der Waals surface area contributed by atoms with Crippen molar-refractivity contribution in [1.29, 1.82) is 0 Å². The predicted molar refractivity (Wildman–Crippen MR) is 66.6 cm³/mol. The first-order chi connectivity index (χ1) is 8.16. The van der Waals surface area contributed by atoms with Crippen LogP contribution in [0.5, 0.6) is 0 Å². The number of aliphatic carboxylic acids is 1. The minimum absolute atomic E-state index is 0.271. The van der Waals surface area contributed by atoms with Gasteiger partial charge in [0.2, 0.25) is 0 Å². The maximum atomic E-state index is 10.8. The van der Waals surface area contributed by atoms with Crippen molar-refractivity contribution in [1.82, 2.24) is 4.90 Å². The van der Waals surface area contributed by atoms with Crippen molar-refractivity contribution in [2.75, 3.05) is 6.54 Å². The molecule has 1 fully saturated rings. The predicted octanol–water partition coefficient (Wildman–Crippen LogP) is 2.29. The van der Waals surface area contributed by atoms with E-state index in [2.05, 4.69) is 23.6 Å². The molecule has 0 aliphatic heterocycles. The highest BCUT2D eigenvalue weighted by Gasteiger charge is 2.29. The van der Waals surface area contributed by atoms with Crippen LogP contribution in [0.25, 0.3) is 0 Å². The molecule has 1 N–H and O–H groups in total. The van der Waals surface area contributed by atoms with Gasteiger partial charge in [-0.2, -0.15) is 0 Å². The molecule has 0 atom stereocenters. The van der Waals surface area contributed by atoms with Gasteiger partial charge < -0.3 is 5.11 Å². The fourth-order valence-corrected chi connectivity index (χ4v) is 1.88. The van der Waals surface area contributed by atoms with E-state index >= 15 is 0 Å². The summed E-state index contributed by atoms with van der Waals surface area (Å²) in [5.74, 6) is -0.899. The summed E-state index contributed by atoms with van der Waals surface area (Å²) >= 11 is 0. The van der Waals surface area contributed by atoms with E-state index in [0.29, 0.717) is 12.6 Å². The Labute approximate surface area is 101 Å². The Bertz CT molecular complexity index is 409. The van der Waals surface area contributed by atoms with Gasteiger partial charge in [0.25, 0.3) is 0 Å². The molecular weight excluding hydrogens is 214 g/mol. The Kier molecular flexibility index (Phi) is 3.59. The zero-order valence-corrected chi connectivity index (χ0v) is 9.80. The fourth-order valence-electron chi connectivity index (χ4n) is 1.88. The van der Waals surface area contributed by atoms with Crippen molar-refractivity contribution >= 4 is 5.97 Å². The van der Waals surface area contributed by atoms with Crippen molar-refractivity contribution in [3.8, 4) is 0 Å². The van der Waals surface area contributed by atoms with Crippen LogP contribution in [0.2, 0.25) is 0 Å². The quantitative estimate of drug-likeness (QED) is 0.764. The summed E-state index contributed by atoms with van der Waals surface area (Å²) in [4.78, 5) is 13.0. The van der Waals surface area contributed by atoms with E-state index in [1.807, 2.05) is 18.2 Å². The van der Waals surface area contributed by atoms with Crippen LogP contribution >= 0.6 is 0 Å². The van der Waals surface area contributed by atoms with Gasteiger partial charge in [-0.3, -0.25) is 4.90 Å². The van der Waals surface area contributed by atoms with E-state index in [0.717, 1.165) is 6.54 Å². The lowest BCUT2D eigenvalue weighted by atomic mass is 10.2. The zero-order valence-electron chi connectivity index (χ0n) is 9.80. The van der Waals surface area contributed by atoms with E-state index in [1.54, 1.807) is 0 Å². The van der Waals surface area contributed by atoms with Gasteiger partial charge in [0, 0.05) is 24.7 Å². The van der Waals surface area contributed by atoms with Gasteiger partial charge in [0.05, 0.1) is 0 Å². The molecule has 1 saturated carbocycles. The van der Waals surface area contributed by atoms with Gasteiger partial charge in [-0.25, -0.2) is 4.79 Å². The lowest BCUT2D eigenvalue weighted by molar-refractivity contribution is -0.132. The number of nitrogens with zero attached hydrogens (tertiary/aromatic N) is 1. The minimum Gasteiger partial charge on any atom is -0.478 e. The lowest BCUT2D eigenvalue weighted by Crippen LogP contribution is -2.29. The fraction of sp³-hybridized carbons (Fsp3) is 0.357. The van der Waals surface area contributed by atoms with E-state index in [-0.39, 0.29) is 5.57 Å². The summed E-state index contributed by atoms with van der Waals surface area (Å²) < 4.78 is 0. The zero-order chi connectivity index (χ0) is 12.3. The SMILES string of the molecule is C=C(CN(Cc1ccccc1)C1CC1)C(=O)O. The smallest absolute Gasteiger partial charge is 0.332 e. The number of benzene rings is 1. The average Bonchev–Trinajstić information content (AvgIpc) is 3.13. The van der Waals surface area contributed by atoms with Crippen LogP contribution in [0.3, 0.4) is 0 Å². The van der Waals surface area contributed by atoms with Gasteiger partial charge in [-0.1, -0.05) is 36.9 Å². The summed E-state index contributed by atoms with van der Waals surface area (Å²) in [6.07, 6.45) is 2.33. The summed E-state index contributed by atoms with van der Waals surface area (Å²) in [5.41, 5.74) is 1.49. The lowest BCUT2D eigenvalue weighted by Gasteiger charge is -2.21. The molecule has 1 aromatic rings. The summed E-state index contributed by atoms with van der Waals surface area (Å²) in [6, 6.07) is 10.7. The van der Waals surface area contributed by atoms with Gasteiger partial charge >= 0.3 is 5.97 Å². The molecule has 1 aliphatic carbocycles. The van der Waals surface area contributed by atoms with Gasteiger partial charge in [-0.15, -0.1) is 0 Å². The molecule has 0 saturated heterocycles. The largest absolute Gasteiger partial charge is 0.478 e. The Morgan fingerprint density at radius 1 is 1.35 bits per heavy atom. The summed E-state index contributed by atoms with van der Waals surface area (Å²) in [5, 5.41) is 8.87. The van der Waals surface area contributed by atoms with E-state index < -0.39 is 5.97 Å². The van der Waals surface area contributed by atoms with Crippen LogP contribution in [0.4, 0.5) is 0 Å². The molecule has 2 rings (SSSR count). The van der Waals surface area contributed by atoms with Crippen LogP contribution < -0.4 is 0 Å². The highest BCUT2D eigenvalue weighted by Crippen LogP contribution is 2.28. The molecule has 0 unspecified atom stereocenters. The van der Waals surface area contributed by atoms with Crippen molar-refractivity contribution < 1.29 is 9.90 Å². The Morgan fingerprint density at radius 2 is 2.00 bits per heavy atom. The van der Waals surface area contributed by atoms with Crippen molar-refractivity contribution in [3.63, 3.8) is 0 Å². The van der Waals surface area contributed by atoms with Gasteiger partial charge in [0.1, 0.15) is 0 Å². The Balaban J connectivity index is 1.98. The van der Waals surface area contributed by atoms with E-state index in [4.69, 9.17) is 5.11 Å². The third-order valence-electron chi connectivity index (χ3n) is 2.99. The second-order valence-corrected chi connectivity index (χ2v) is 4.53. The maximum Gasteiger partial charge on any atom is 0.332 e. The second-order valence-electron chi connectivity index (χ2n) is 4.53. The highest BCUT2D eigenvalue weighted by atomic mass is 16.4. The first-order valence-electron chi connectivity index (χ1n) is 5.86. The number of hydrogen-bond donors (Lipinski definition) is 1. The maximum absolute atomic E-state index is 10.8. The molecule has 17 heavy (non-hydrogen) atoms. The number of carboxylic acids is 1. The van der Waals surface area contributed by atoms with Crippen molar-refractivity contribution in [2.24, 2.45) is 0 Å². The van der Waals surface area contributed by atoms with Crippen molar-refractivity contribution in [2.45, 2.75) is 25.4 Å². The number of rotatable bonds is 6. The number of carboxylic acid groups (broad SMARTS) is 1. The molecular formula is C14H17NO2. The normalized spacial score (nSPS) is 14.9. The molecule has 0 heterocycles. The second kappa shape index (κ2) is 5.15. The molecule has 3 heteroatoms. The van der Waals surface area contributed by atoms with Crippen molar-refractivity contribution in [3.05, 3.63) is 48.0 Å². The molecule has 0 aromatic heterocycles. The van der Waals surface area contributed by atoms with E-state index in [1.165, 1.54) is 18.4 Å². The van der Waals surface area contributed by atoms with Crippen LogP contribution in [-0.2, 0) is 11.3 Å². The molecule has 1 aliphatic rings. The summed E-state index contributed by atoms with van der Waals surface area (Å²) in [7, 11) is 0. The average molecular weight is 231 g/mol. The topological polar surface area (TPSA) is 40.5 Å². The molecule has 0 bridgehead atoms. The molecule has 0 radical (unpaired) electrons. The van der Waals surface area contributed by atoms with Gasteiger partial charge in [0.15, 0.2) is 0 Å². The molecule has 3 nitrogen and oxygen atoms in total. The van der Waals surface area contributed by atoms with Crippen LogP contribution in [0.15, 0.2) is 42.5 Å². The third kappa shape index (κ3) is 3.43. The number of hydrogen-bond acceptors (Lipinski definition) is 2. The Morgan fingerprint density at radius 3 is 2.53 bits per heavy atom. The standard InChI is InChI=1S/C14H17NO2/c1-11(14(16)17)9-15(13-7-8-13)10-12-5-3-2-4-6-12/h2-6,13H,1,7-10H2,(H,16,17). The molecule has 0 spiro atoms. The summed E-state index contributed by atoms with van der Waals surface area (Å²) in [6.45, 7) is 4.86. The molecule has 1 aromatic carbocycles. The Hall–Kier alpha value is -1.61. The first kappa shape index (κ1) is 11.9. The first-order valence-corrected chi connectivity index (χ1v) is 5.86. The van der Waals surface area contributed by atoms with Crippen LogP contribution in [-0.4, -0.2) is 28.6 Å². The molecule has 90 valence electrons. The minimum atomic E-state index is -0.899. The third-order valence-corrected chi connectivity index (χ3v) is 2.99. The highest BCUT2D eigenvalue weighted by molar-refractivity contribution is 5.86.